The number of carboxylic acids is 1. The quantitative estimate of drug-likeness (QED) is 0.327. The van der Waals surface area contributed by atoms with Crippen molar-refractivity contribution in [2.75, 3.05) is 26.3 Å². The van der Waals surface area contributed by atoms with E-state index in [0.717, 1.165) is 41.4 Å². The Morgan fingerprint density at radius 1 is 1.06 bits per heavy atom. The Bertz CT molecular complexity index is 1810. The average molecular weight is 662 g/mol. The number of benzene rings is 2. The monoisotopic (exact) mass is 661 g/mol. The highest BCUT2D eigenvalue weighted by Crippen LogP contribution is 2.60. The summed E-state index contributed by atoms with van der Waals surface area (Å²) in [5.74, 6) is -4.43. The van der Waals surface area contributed by atoms with Crippen molar-refractivity contribution in [2.24, 2.45) is 11.3 Å². The molecule has 7 rings (SSSR count). The number of nitrogens with zero attached hydrogens (tertiary/aromatic N) is 3. The molecule has 14 heteroatoms. The molecule has 2 aromatic carbocycles. The molecule has 1 N–H and O–H groups in total. The number of carbonyl (C=O) groups is 3. The van der Waals surface area contributed by atoms with Gasteiger partial charge in [-0.2, -0.15) is 23.0 Å². The zero-order valence-corrected chi connectivity index (χ0v) is 24.9. The predicted molar refractivity (Wildman–Crippen MR) is 153 cm³/mol. The first-order valence-corrected chi connectivity index (χ1v) is 15.3. The van der Waals surface area contributed by atoms with Crippen molar-refractivity contribution in [3.63, 3.8) is 0 Å². The van der Waals surface area contributed by atoms with Crippen molar-refractivity contribution in [3.8, 4) is 11.3 Å². The molecule has 0 radical (unpaired) electrons. The fourth-order valence-corrected chi connectivity index (χ4v) is 7.38. The summed E-state index contributed by atoms with van der Waals surface area (Å²) in [5.41, 5.74) is -5.01. The molecule has 248 valence electrons. The number of hydrogen-bond donors (Lipinski definition) is 1. The van der Waals surface area contributed by atoms with Gasteiger partial charge in [0, 0.05) is 47.5 Å². The lowest BCUT2D eigenvalue weighted by molar-refractivity contribution is -0.160. The molecular weight excluding hydrogens is 632 g/mol. The fourth-order valence-electron chi connectivity index (χ4n) is 7.38. The van der Waals surface area contributed by atoms with Gasteiger partial charge >= 0.3 is 12.1 Å². The van der Waals surface area contributed by atoms with Gasteiger partial charge in [-0.1, -0.05) is 18.2 Å². The molecular formula is C33H29F6N3O5. The molecule has 47 heavy (non-hydrogen) atoms. The molecule has 3 fully saturated rings. The topological polar surface area (TPSA) is 102 Å². The van der Waals surface area contributed by atoms with Gasteiger partial charge in [0.2, 0.25) is 5.91 Å². The van der Waals surface area contributed by atoms with Crippen molar-refractivity contribution in [2.45, 2.75) is 56.5 Å². The van der Waals surface area contributed by atoms with Crippen LogP contribution in [-0.4, -0.2) is 70.1 Å². The molecule has 0 bridgehead atoms. The first-order chi connectivity index (χ1) is 22.3. The van der Waals surface area contributed by atoms with E-state index in [0.29, 0.717) is 38.3 Å². The molecule has 1 saturated carbocycles. The van der Waals surface area contributed by atoms with Crippen LogP contribution in [0.5, 0.6) is 0 Å². The molecule has 1 spiro atoms. The summed E-state index contributed by atoms with van der Waals surface area (Å²) in [6.07, 6.45) is -7.76. The Morgan fingerprint density at radius 3 is 2.38 bits per heavy atom. The summed E-state index contributed by atoms with van der Waals surface area (Å²) >= 11 is 0. The largest absolute Gasteiger partial charge is 0.478 e. The number of carbonyl (C=O) groups excluding carboxylic acids is 2. The van der Waals surface area contributed by atoms with Crippen LogP contribution in [0.2, 0.25) is 0 Å². The van der Waals surface area contributed by atoms with Gasteiger partial charge in [0.05, 0.1) is 41.1 Å². The third-order valence-corrected chi connectivity index (χ3v) is 10.2. The lowest BCUT2D eigenvalue weighted by atomic mass is 9.84. The number of carboxylic acid groups (broad SMARTS) is 1. The fraction of sp³-hybridized carbons (Fsp3) is 0.455. The maximum absolute atomic E-state index is 15.4. The van der Waals surface area contributed by atoms with E-state index in [1.54, 1.807) is 4.90 Å². The molecule has 2 aliphatic carbocycles. The molecule has 3 heterocycles. The van der Waals surface area contributed by atoms with E-state index in [1.165, 1.54) is 6.07 Å². The van der Waals surface area contributed by atoms with Gasteiger partial charge in [-0.25, -0.2) is 18.0 Å². The van der Waals surface area contributed by atoms with Crippen LogP contribution < -0.4 is 0 Å². The standard InChI is InChI=1S/C33H29F6N3O5/c34-23-12-18(30(45)46)5-6-19(23)26-20-7-4-17(28(43)41-11-10-31(14-41)15-47-16-31)13-24(20)42(40-26)29(44)25-21(27(35)36)2-1-3-22(25)32(8-9-32)33(37,38)39/h1-3,5-6,12,17,27H,4,7-11,13-16H2,(H,45,46). The zero-order valence-electron chi connectivity index (χ0n) is 24.9. The summed E-state index contributed by atoms with van der Waals surface area (Å²) in [4.78, 5) is 41.2. The Kier molecular flexibility index (Phi) is 7.30. The number of aromatic nitrogens is 2. The first kappa shape index (κ1) is 31.4. The van der Waals surface area contributed by atoms with Gasteiger partial charge in [-0.15, -0.1) is 0 Å². The summed E-state index contributed by atoms with van der Waals surface area (Å²) < 4.78 is 93.1. The van der Waals surface area contributed by atoms with Crippen LogP contribution in [0.1, 0.15) is 75.2 Å². The summed E-state index contributed by atoms with van der Waals surface area (Å²) in [6.45, 7) is 2.12. The number of alkyl halides is 5. The number of ether oxygens (including phenoxy) is 1. The first-order valence-electron chi connectivity index (χ1n) is 15.3. The molecule has 1 unspecified atom stereocenters. The van der Waals surface area contributed by atoms with Crippen molar-refractivity contribution < 1.29 is 50.6 Å². The molecule has 2 aliphatic heterocycles. The van der Waals surface area contributed by atoms with Gasteiger partial charge in [0.15, 0.2) is 0 Å². The van der Waals surface area contributed by atoms with Crippen molar-refractivity contribution in [1.29, 1.82) is 0 Å². The second kappa shape index (κ2) is 10.9. The smallest absolute Gasteiger partial charge is 0.398 e. The number of likely N-dealkylation sites (tertiary alicyclic amines) is 1. The van der Waals surface area contributed by atoms with Crippen molar-refractivity contribution in [1.82, 2.24) is 14.7 Å². The lowest BCUT2D eigenvalue weighted by Crippen LogP contribution is -2.46. The molecule has 8 nitrogen and oxygen atoms in total. The van der Waals surface area contributed by atoms with E-state index in [-0.39, 0.29) is 59.5 Å². The Hall–Kier alpha value is -4.20. The summed E-state index contributed by atoms with van der Waals surface area (Å²) in [6, 6.07) is 6.07. The van der Waals surface area contributed by atoms with Crippen molar-refractivity contribution >= 4 is 17.8 Å². The Morgan fingerprint density at radius 2 is 1.81 bits per heavy atom. The Balaban J connectivity index is 1.34. The van der Waals surface area contributed by atoms with Gasteiger partial charge in [0.25, 0.3) is 12.3 Å². The predicted octanol–water partition coefficient (Wildman–Crippen LogP) is 5.96. The van der Waals surface area contributed by atoms with Crippen LogP contribution >= 0.6 is 0 Å². The Labute approximate surface area is 264 Å². The molecule has 3 aromatic rings. The number of fused-ring (bicyclic) bond motifs is 1. The maximum Gasteiger partial charge on any atom is 0.398 e. The molecule has 4 aliphatic rings. The number of aromatic carboxylic acids is 1. The van der Waals surface area contributed by atoms with Crippen LogP contribution in [0.15, 0.2) is 36.4 Å². The van der Waals surface area contributed by atoms with Crippen LogP contribution in [0, 0.1) is 17.2 Å². The summed E-state index contributed by atoms with van der Waals surface area (Å²) in [7, 11) is 0. The highest BCUT2D eigenvalue weighted by atomic mass is 19.4. The second-order valence-electron chi connectivity index (χ2n) is 13.1. The van der Waals surface area contributed by atoms with Gasteiger partial charge < -0.3 is 14.7 Å². The lowest BCUT2D eigenvalue weighted by Gasteiger charge is -2.38. The van der Waals surface area contributed by atoms with E-state index >= 15 is 4.39 Å². The highest BCUT2D eigenvalue weighted by molar-refractivity contribution is 6.00. The minimum atomic E-state index is -4.82. The second-order valence-corrected chi connectivity index (χ2v) is 13.1. The SMILES string of the molecule is O=C(O)c1ccc(-c2nn(C(=O)c3c(C(F)F)cccc3C3(C(F)(F)F)CC3)c3c2CCC(C(=O)N2CCC4(COC4)C2)C3)c(F)c1. The minimum Gasteiger partial charge on any atom is -0.478 e. The minimum absolute atomic E-state index is 0.0755. The van der Waals surface area contributed by atoms with E-state index in [9.17, 15) is 41.4 Å². The van der Waals surface area contributed by atoms with Gasteiger partial charge in [0.1, 0.15) is 5.82 Å². The number of amides is 1. The zero-order chi connectivity index (χ0) is 33.5. The molecule has 1 atom stereocenters. The van der Waals surface area contributed by atoms with Crippen LogP contribution in [-0.2, 0) is 27.8 Å². The molecule has 1 aromatic heterocycles. The highest BCUT2D eigenvalue weighted by Gasteiger charge is 2.65. The normalized spacial score (nSPS) is 21.1. The maximum atomic E-state index is 15.4. The van der Waals surface area contributed by atoms with Gasteiger partial charge in [-0.3, -0.25) is 9.59 Å². The van der Waals surface area contributed by atoms with Crippen molar-refractivity contribution in [3.05, 3.63) is 75.7 Å². The number of rotatable bonds is 6. The third-order valence-electron chi connectivity index (χ3n) is 10.2. The van der Waals surface area contributed by atoms with Gasteiger partial charge in [-0.05, 0) is 55.9 Å². The summed E-state index contributed by atoms with van der Waals surface area (Å²) in [5, 5.41) is 13.6. The number of hydrogen-bond acceptors (Lipinski definition) is 5. The average Bonchev–Trinajstić information content (AvgIpc) is 3.58. The molecule has 1 amide bonds. The van der Waals surface area contributed by atoms with Crippen LogP contribution in [0.25, 0.3) is 11.3 Å². The van der Waals surface area contributed by atoms with E-state index in [4.69, 9.17) is 4.74 Å². The van der Waals surface area contributed by atoms with E-state index in [2.05, 4.69) is 5.10 Å². The van der Waals surface area contributed by atoms with E-state index < -0.39 is 58.3 Å². The molecule has 2 saturated heterocycles. The van der Waals surface area contributed by atoms with E-state index in [1.807, 2.05) is 0 Å². The number of halogens is 6. The third kappa shape index (κ3) is 5.02. The van der Waals surface area contributed by atoms with Crippen LogP contribution in [0.3, 0.4) is 0 Å². The van der Waals surface area contributed by atoms with Crippen LogP contribution in [0.4, 0.5) is 26.3 Å².